The van der Waals surface area contributed by atoms with Crippen LogP contribution < -0.4 is 10.2 Å². The van der Waals surface area contributed by atoms with E-state index in [2.05, 4.69) is 40.2 Å². The third kappa shape index (κ3) is 6.00. The number of carbonyl (C=O) groups is 2. The zero-order valence-corrected chi connectivity index (χ0v) is 21.6. The molecule has 3 fully saturated rings. The van der Waals surface area contributed by atoms with Crippen molar-refractivity contribution in [2.45, 2.75) is 52.1 Å². The number of nitrogens with zero attached hydrogens (tertiary/aromatic N) is 6. The van der Waals surface area contributed by atoms with Gasteiger partial charge < -0.3 is 19.9 Å². The summed E-state index contributed by atoms with van der Waals surface area (Å²) in [6, 6.07) is 5.96. The van der Waals surface area contributed by atoms with Crippen LogP contribution in [-0.2, 0) is 16.0 Å². The number of hydrogen-bond donors (Lipinski definition) is 1. The third-order valence-corrected chi connectivity index (χ3v) is 6.96. The van der Waals surface area contributed by atoms with Gasteiger partial charge in [-0.25, -0.2) is 14.3 Å². The minimum atomic E-state index is -0.377. The van der Waals surface area contributed by atoms with Crippen molar-refractivity contribution in [3.63, 3.8) is 0 Å². The molecule has 1 aliphatic carbocycles. The molecule has 0 spiro atoms. The van der Waals surface area contributed by atoms with Crippen molar-refractivity contribution < 1.29 is 14.3 Å². The number of pyridine rings is 1. The predicted octanol–water partition coefficient (Wildman–Crippen LogP) is 3.31. The third-order valence-electron chi connectivity index (χ3n) is 6.96. The van der Waals surface area contributed by atoms with Crippen LogP contribution in [-0.4, -0.2) is 75.3 Å². The molecule has 1 saturated carbocycles. The Hall–Kier alpha value is -3.69. The molecule has 2 saturated heterocycles. The van der Waals surface area contributed by atoms with E-state index in [0.29, 0.717) is 32.7 Å². The molecule has 3 aromatic rings. The molecule has 3 aromatic heterocycles. The highest BCUT2D eigenvalue weighted by Gasteiger charge is 2.29. The molecule has 0 aromatic carbocycles. The Morgan fingerprint density at radius 1 is 1.16 bits per heavy atom. The molecule has 1 N–H and O–H groups in total. The van der Waals surface area contributed by atoms with Gasteiger partial charge in [0.15, 0.2) is 5.65 Å². The van der Waals surface area contributed by atoms with Crippen molar-refractivity contribution in [3.05, 3.63) is 42.5 Å². The second-order valence-corrected chi connectivity index (χ2v) is 10.0. The van der Waals surface area contributed by atoms with Crippen LogP contribution in [0.25, 0.3) is 16.8 Å². The topological polar surface area (TPSA) is 105 Å². The van der Waals surface area contributed by atoms with Gasteiger partial charge in [0.05, 0.1) is 19.2 Å². The molecule has 2 aliphatic heterocycles. The van der Waals surface area contributed by atoms with Crippen LogP contribution in [0.1, 0.15) is 45.2 Å². The summed E-state index contributed by atoms with van der Waals surface area (Å²) in [5.41, 5.74) is 3.87. The van der Waals surface area contributed by atoms with E-state index < -0.39 is 0 Å². The fraction of sp³-hybridized carbons (Fsp3) is 0.519. The van der Waals surface area contributed by atoms with E-state index in [1.165, 1.54) is 12.8 Å². The van der Waals surface area contributed by atoms with Crippen LogP contribution in [0.15, 0.2) is 36.8 Å². The summed E-state index contributed by atoms with van der Waals surface area (Å²) in [6.07, 6.45) is 9.97. The summed E-state index contributed by atoms with van der Waals surface area (Å²) < 4.78 is 7.24. The van der Waals surface area contributed by atoms with E-state index in [9.17, 15) is 9.59 Å². The maximum atomic E-state index is 12.4. The first-order valence-electron chi connectivity index (χ1n) is 13.3. The largest absolute Gasteiger partial charge is 0.444 e. The van der Waals surface area contributed by atoms with Gasteiger partial charge in [0.1, 0.15) is 11.9 Å². The average molecular weight is 506 g/mol. The van der Waals surface area contributed by atoms with Crippen molar-refractivity contribution in [2.24, 2.45) is 5.92 Å². The van der Waals surface area contributed by atoms with E-state index in [1.807, 2.05) is 30.7 Å². The lowest BCUT2D eigenvalue weighted by Gasteiger charge is -2.35. The van der Waals surface area contributed by atoms with Gasteiger partial charge in [0.25, 0.3) is 0 Å². The van der Waals surface area contributed by atoms with Gasteiger partial charge in [0, 0.05) is 55.4 Å². The molecule has 37 heavy (non-hydrogen) atoms. The molecule has 1 unspecified atom stereocenters. The van der Waals surface area contributed by atoms with Gasteiger partial charge in [-0.1, -0.05) is 39.2 Å². The van der Waals surface area contributed by atoms with Gasteiger partial charge in [-0.15, -0.1) is 0 Å². The minimum absolute atomic E-state index is 0.0774. The summed E-state index contributed by atoms with van der Waals surface area (Å²) >= 11 is 0. The number of rotatable bonds is 5. The first-order chi connectivity index (χ1) is 18.0. The van der Waals surface area contributed by atoms with Crippen LogP contribution in [0.3, 0.4) is 0 Å². The Bertz CT molecular complexity index is 1250. The van der Waals surface area contributed by atoms with Crippen LogP contribution in [0.5, 0.6) is 0 Å². The predicted molar refractivity (Wildman–Crippen MR) is 140 cm³/mol. The highest BCUT2D eigenvalue weighted by atomic mass is 16.6. The SMILES string of the molecule is CC1CC1.CCCc1ncccc1-c1cnn2ccc(N3CCN(C(=O)OC4CNC(=O)C4)CC3)nc12. The number of carbonyl (C=O) groups excluding carboxylic acids is 2. The number of ether oxygens (including phenoxy) is 1. The molecule has 1 atom stereocenters. The molecule has 10 heteroatoms. The lowest BCUT2D eigenvalue weighted by molar-refractivity contribution is -0.119. The van der Waals surface area contributed by atoms with Gasteiger partial charge in [0.2, 0.25) is 5.91 Å². The Labute approximate surface area is 217 Å². The second-order valence-electron chi connectivity index (χ2n) is 10.0. The summed E-state index contributed by atoms with van der Waals surface area (Å²) in [5, 5.41) is 7.16. The van der Waals surface area contributed by atoms with E-state index in [4.69, 9.17) is 9.72 Å². The second kappa shape index (κ2) is 11.1. The van der Waals surface area contributed by atoms with Crippen molar-refractivity contribution in [1.82, 2.24) is 29.8 Å². The molecule has 196 valence electrons. The van der Waals surface area contributed by atoms with Crippen LogP contribution in [0.2, 0.25) is 0 Å². The first-order valence-corrected chi connectivity index (χ1v) is 13.3. The lowest BCUT2D eigenvalue weighted by Crippen LogP contribution is -2.49. The van der Waals surface area contributed by atoms with E-state index >= 15 is 0 Å². The fourth-order valence-corrected chi connectivity index (χ4v) is 4.51. The monoisotopic (exact) mass is 505 g/mol. The highest BCUT2D eigenvalue weighted by Crippen LogP contribution is 2.28. The molecular formula is C27H35N7O3. The van der Waals surface area contributed by atoms with Crippen LogP contribution >= 0.6 is 0 Å². The number of piperazine rings is 1. The number of fused-ring (bicyclic) bond motifs is 1. The van der Waals surface area contributed by atoms with Crippen molar-refractivity contribution in [1.29, 1.82) is 0 Å². The summed E-state index contributed by atoms with van der Waals surface area (Å²) in [5.74, 6) is 1.86. The Morgan fingerprint density at radius 2 is 1.95 bits per heavy atom. The van der Waals surface area contributed by atoms with Crippen LogP contribution in [0, 0.1) is 5.92 Å². The van der Waals surface area contributed by atoms with E-state index in [-0.39, 0.29) is 24.5 Å². The van der Waals surface area contributed by atoms with Gasteiger partial charge >= 0.3 is 6.09 Å². The molecular weight excluding hydrogens is 470 g/mol. The van der Waals surface area contributed by atoms with E-state index in [1.54, 1.807) is 9.42 Å². The number of hydrogen-bond acceptors (Lipinski definition) is 7. The Balaban J connectivity index is 0.000000640. The van der Waals surface area contributed by atoms with E-state index in [0.717, 1.165) is 47.0 Å². The molecule has 10 nitrogen and oxygen atoms in total. The van der Waals surface area contributed by atoms with Gasteiger partial charge in [-0.3, -0.25) is 9.78 Å². The lowest BCUT2D eigenvalue weighted by atomic mass is 10.0. The Kier molecular flexibility index (Phi) is 7.52. The number of nitrogens with one attached hydrogen (secondary N) is 1. The summed E-state index contributed by atoms with van der Waals surface area (Å²) in [4.78, 5) is 37.1. The van der Waals surface area contributed by atoms with Crippen LogP contribution in [0.4, 0.5) is 10.6 Å². The molecule has 3 aliphatic rings. The smallest absolute Gasteiger partial charge is 0.410 e. The summed E-state index contributed by atoms with van der Waals surface area (Å²) in [6.45, 7) is 7.18. The number of aromatic nitrogens is 4. The molecule has 2 amide bonds. The van der Waals surface area contributed by atoms with Gasteiger partial charge in [-0.05, 0) is 24.5 Å². The standard InChI is InChI=1S/C23H27N7O3.C4H8/c1-2-4-19-17(5-3-7-24-19)18-15-26-30-8-6-20(27-22(18)30)28-9-11-29(12-10-28)23(32)33-16-13-21(31)25-14-16;1-4-2-3-4/h3,5-8,15-16H,2,4,9-14H2,1H3,(H,25,31);4H,2-3H2,1H3. The molecule has 0 radical (unpaired) electrons. The fourth-order valence-electron chi connectivity index (χ4n) is 4.51. The molecule has 0 bridgehead atoms. The Morgan fingerprint density at radius 3 is 2.62 bits per heavy atom. The molecule has 6 rings (SSSR count). The summed E-state index contributed by atoms with van der Waals surface area (Å²) in [7, 11) is 0. The zero-order valence-electron chi connectivity index (χ0n) is 21.6. The average Bonchev–Trinajstić information content (AvgIpc) is 3.41. The quantitative estimate of drug-likeness (QED) is 0.567. The zero-order chi connectivity index (χ0) is 25.8. The first kappa shape index (κ1) is 25.0. The highest BCUT2D eigenvalue weighted by molar-refractivity contribution is 5.80. The maximum Gasteiger partial charge on any atom is 0.410 e. The molecule has 5 heterocycles. The van der Waals surface area contributed by atoms with Crippen molar-refractivity contribution >= 4 is 23.5 Å². The van der Waals surface area contributed by atoms with Crippen molar-refractivity contribution in [2.75, 3.05) is 37.6 Å². The number of amides is 2. The normalized spacial score (nSPS) is 19.4. The minimum Gasteiger partial charge on any atom is -0.444 e. The van der Waals surface area contributed by atoms with Gasteiger partial charge in [-0.2, -0.15) is 5.10 Å². The maximum absolute atomic E-state index is 12.4. The van der Waals surface area contributed by atoms with Crippen molar-refractivity contribution in [3.8, 4) is 11.1 Å². The number of anilines is 1. The number of aryl methyl sites for hydroxylation is 1.